The molecule has 198 valence electrons. The van der Waals surface area contributed by atoms with Gasteiger partial charge in [0, 0.05) is 12.3 Å². The first kappa shape index (κ1) is 41.8. The fraction of sp³-hybridized carbons (Fsp3) is 0.630. The molecule has 1 atom stereocenters. The smallest absolute Gasteiger partial charge is 0.790 e. The van der Waals surface area contributed by atoms with E-state index >= 15 is 0 Å². The van der Waals surface area contributed by atoms with E-state index in [-0.39, 0.29) is 65.5 Å². The predicted molar refractivity (Wildman–Crippen MR) is 132 cm³/mol. The Hall–Kier alpha value is -0.710. The number of carbonyl (C=O) groups is 2. The fourth-order valence-corrected chi connectivity index (χ4v) is 3.29. The van der Waals surface area contributed by atoms with Crippen molar-refractivity contribution in [2.24, 2.45) is 0 Å². The molecule has 0 aromatic rings. The Bertz CT molecular complexity index is 949. The molecule has 0 aliphatic carbocycles. The second-order valence-corrected chi connectivity index (χ2v) is 9.02. The van der Waals surface area contributed by atoms with Gasteiger partial charge in [0.15, 0.2) is 6.10 Å². The summed E-state index contributed by atoms with van der Waals surface area (Å²) >= 11 is 0. The minimum Gasteiger partial charge on any atom is -0.790 e. The van der Waals surface area contributed by atoms with Gasteiger partial charge in [0.1, 0.15) is 6.61 Å². The van der Waals surface area contributed by atoms with Crippen molar-refractivity contribution in [3.05, 3.63) is 0 Å². The first-order chi connectivity index (χ1) is 17.3. The van der Waals surface area contributed by atoms with Crippen LogP contribution in [0, 0.1) is 47.4 Å². The van der Waals surface area contributed by atoms with E-state index in [1.807, 2.05) is 0 Å². The minimum absolute atomic E-state index is 0. The molecule has 11 heteroatoms. The zero-order chi connectivity index (χ0) is 26.9. The van der Waals surface area contributed by atoms with E-state index in [1.54, 1.807) is 6.92 Å². The Morgan fingerprint density at radius 2 is 1.26 bits per heavy atom. The molecule has 0 spiro atoms. The monoisotopic (exact) mass is 564 g/mol. The molecule has 38 heavy (non-hydrogen) atoms. The zero-order valence-electron chi connectivity index (χ0n) is 23.2. The normalized spacial score (nSPS) is 10.1. The van der Waals surface area contributed by atoms with E-state index < -0.39 is 39.1 Å². The average molecular weight is 565 g/mol. The van der Waals surface area contributed by atoms with Gasteiger partial charge in [-0.1, -0.05) is 77.1 Å². The molecular formula is C27H35Na2O8P. The van der Waals surface area contributed by atoms with Crippen LogP contribution >= 0.6 is 7.82 Å². The third-order valence-corrected chi connectivity index (χ3v) is 5.17. The summed E-state index contributed by atoms with van der Waals surface area (Å²) in [5.74, 6) is 17.3. The fourth-order valence-electron chi connectivity index (χ4n) is 2.94. The maximum atomic E-state index is 12.1. The summed E-state index contributed by atoms with van der Waals surface area (Å²) in [4.78, 5) is 45.3. The molecule has 0 heterocycles. The first-order valence-electron chi connectivity index (χ1n) is 12.2. The standard InChI is InChI=1S/C27H37O8P.2Na/c1-3-5-7-9-11-12-13-14-16-18-20-22-27(29)35-25(24-34-36(30,31)32)23-33-26(28)21-19-17-15-10-8-6-4-2;;/h25H,3,5,7,9,11-14,16,18,20,22-24H2,1-2H3,(H2,30,31,32);;/q;2*+1/p-2/t25-;;/m0../s1. The van der Waals surface area contributed by atoms with Crippen LogP contribution in [-0.4, -0.2) is 31.3 Å². The van der Waals surface area contributed by atoms with Gasteiger partial charge in [0.2, 0.25) is 0 Å². The minimum atomic E-state index is -5.29. The first-order valence-corrected chi connectivity index (χ1v) is 13.7. The number of hydrogen-bond acceptors (Lipinski definition) is 8. The van der Waals surface area contributed by atoms with Crippen molar-refractivity contribution in [2.45, 2.75) is 97.0 Å². The third kappa shape index (κ3) is 31.5. The van der Waals surface area contributed by atoms with Crippen LogP contribution in [0.4, 0.5) is 0 Å². The molecule has 0 fully saturated rings. The third-order valence-electron chi connectivity index (χ3n) is 4.70. The molecule has 0 bridgehead atoms. The number of phosphoric ester groups is 1. The van der Waals surface area contributed by atoms with Gasteiger partial charge in [-0.2, -0.15) is 0 Å². The van der Waals surface area contributed by atoms with Gasteiger partial charge in [-0.25, -0.2) is 4.79 Å². The number of phosphoric acid groups is 1. The summed E-state index contributed by atoms with van der Waals surface area (Å²) in [6, 6.07) is 0. The molecule has 0 aromatic carbocycles. The van der Waals surface area contributed by atoms with E-state index in [0.29, 0.717) is 6.42 Å². The number of rotatable bonds is 18. The van der Waals surface area contributed by atoms with Crippen molar-refractivity contribution in [3.8, 4) is 47.4 Å². The maximum absolute atomic E-state index is 12.1. The van der Waals surface area contributed by atoms with E-state index in [0.717, 1.165) is 19.3 Å². The van der Waals surface area contributed by atoms with Gasteiger partial charge in [-0.15, -0.1) is 0 Å². The predicted octanol–water partition coefficient (Wildman–Crippen LogP) is -2.97. The van der Waals surface area contributed by atoms with Crippen molar-refractivity contribution < 1.29 is 97.1 Å². The second kappa shape index (κ2) is 29.3. The summed E-state index contributed by atoms with van der Waals surface area (Å²) in [5.41, 5.74) is 0. The van der Waals surface area contributed by atoms with Gasteiger partial charge < -0.3 is 28.3 Å². The van der Waals surface area contributed by atoms with Crippen LogP contribution in [0.5, 0.6) is 0 Å². The largest absolute Gasteiger partial charge is 1.00 e. The molecule has 8 nitrogen and oxygen atoms in total. The Kier molecular flexibility index (Phi) is 32.2. The Morgan fingerprint density at radius 1 is 0.763 bits per heavy atom. The summed E-state index contributed by atoms with van der Waals surface area (Å²) in [7, 11) is -5.29. The molecule has 0 radical (unpaired) electrons. The number of carbonyl (C=O) groups excluding carboxylic acids is 2. The summed E-state index contributed by atoms with van der Waals surface area (Å²) in [6.45, 7) is 2.53. The molecule has 0 unspecified atom stereocenters. The van der Waals surface area contributed by atoms with Gasteiger partial charge in [0.25, 0.3) is 0 Å². The molecule has 0 aliphatic heterocycles. The SMILES string of the molecule is CC#CC#CC#CC#CC(=O)OC[C@@H](COP(=O)([O-])[O-])OC(=O)CCCCCCCCCCCCC.[Na+].[Na+]. The van der Waals surface area contributed by atoms with E-state index in [2.05, 4.69) is 58.8 Å². The van der Waals surface area contributed by atoms with Gasteiger partial charge >= 0.3 is 71.1 Å². The Labute approximate surface area is 272 Å². The number of ether oxygens (including phenoxy) is 2. The molecule has 0 aromatic heterocycles. The number of esters is 2. The van der Waals surface area contributed by atoms with Crippen LogP contribution in [-0.2, 0) is 28.2 Å². The van der Waals surface area contributed by atoms with Crippen molar-refractivity contribution in [3.63, 3.8) is 0 Å². The zero-order valence-corrected chi connectivity index (χ0v) is 28.1. The van der Waals surface area contributed by atoms with Crippen LogP contribution < -0.4 is 68.9 Å². The second-order valence-electron chi connectivity index (χ2n) is 7.86. The molecule has 0 saturated carbocycles. The van der Waals surface area contributed by atoms with Crippen LogP contribution in [0.2, 0.25) is 0 Å². The maximum Gasteiger partial charge on any atom is 1.00 e. The molecule has 0 amide bonds. The van der Waals surface area contributed by atoms with Crippen molar-refractivity contribution >= 4 is 19.8 Å². The molecular weight excluding hydrogens is 529 g/mol. The Balaban J connectivity index is -0.00000612. The summed E-state index contributed by atoms with van der Waals surface area (Å²) in [5, 5.41) is 0. The van der Waals surface area contributed by atoms with Crippen molar-refractivity contribution in [2.75, 3.05) is 13.2 Å². The summed E-state index contributed by atoms with van der Waals surface area (Å²) < 4.78 is 24.9. The van der Waals surface area contributed by atoms with E-state index in [9.17, 15) is 23.9 Å². The van der Waals surface area contributed by atoms with Crippen molar-refractivity contribution in [1.29, 1.82) is 0 Å². The Morgan fingerprint density at radius 3 is 1.79 bits per heavy atom. The van der Waals surface area contributed by atoms with Crippen LogP contribution in [0.1, 0.15) is 90.9 Å². The van der Waals surface area contributed by atoms with Gasteiger partial charge in [-0.3, -0.25) is 4.79 Å². The molecule has 0 rings (SSSR count). The number of unbranched alkanes of at least 4 members (excludes halogenated alkanes) is 10. The van der Waals surface area contributed by atoms with Crippen LogP contribution in [0.3, 0.4) is 0 Å². The molecule has 0 N–H and O–H groups in total. The van der Waals surface area contributed by atoms with Crippen LogP contribution in [0.15, 0.2) is 0 Å². The van der Waals surface area contributed by atoms with Crippen LogP contribution in [0.25, 0.3) is 0 Å². The summed E-state index contributed by atoms with van der Waals surface area (Å²) in [6.07, 6.45) is 11.3. The van der Waals surface area contributed by atoms with Gasteiger partial charge in [-0.05, 0) is 48.9 Å². The quantitative estimate of drug-likeness (QED) is 0.0432. The average Bonchev–Trinajstić information content (AvgIpc) is 2.83. The van der Waals surface area contributed by atoms with E-state index in [1.165, 1.54) is 44.9 Å². The number of hydrogen-bond donors (Lipinski definition) is 0. The molecule has 0 aliphatic rings. The topological polar surface area (TPSA) is 125 Å². The van der Waals surface area contributed by atoms with E-state index in [4.69, 9.17) is 9.47 Å². The molecule has 0 saturated heterocycles. The van der Waals surface area contributed by atoms with Gasteiger partial charge in [0.05, 0.1) is 14.4 Å². The van der Waals surface area contributed by atoms with Crippen molar-refractivity contribution in [1.82, 2.24) is 0 Å².